The van der Waals surface area contributed by atoms with Crippen molar-refractivity contribution in [2.45, 2.75) is 38.1 Å². The Labute approximate surface area is 61.0 Å². The average molecular weight is 139 g/mol. The van der Waals surface area contributed by atoms with Crippen LogP contribution in [0.3, 0.4) is 0 Å². The molecule has 2 heteroatoms. The Bertz CT molecular complexity index is 168. The summed E-state index contributed by atoms with van der Waals surface area (Å²) in [7, 11) is 0. The highest BCUT2D eigenvalue weighted by atomic mass is 16.1. The van der Waals surface area contributed by atoms with E-state index < -0.39 is 0 Å². The van der Waals surface area contributed by atoms with E-state index in [0.29, 0.717) is 5.41 Å². The standard InChI is InChI=1S/C8H13NO/c1-7(2-3-7)8(4-5-8)9-6-10/h6H,2-5H2,1H3,(H,9,10). The number of carbonyl (C=O) groups excluding carboxylic acids is 1. The van der Waals surface area contributed by atoms with Gasteiger partial charge in [-0.2, -0.15) is 0 Å². The zero-order valence-corrected chi connectivity index (χ0v) is 6.31. The first-order valence-corrected chi connectivity index (χ1v) is 3.94. The molecule has 2 fully saturated rings. The topological polar surface area (TPSA) is 29.1 Å². The van der Waals surface area contributed by atoms with E-state index in [0.717, 1.165) is 6.41 Å². The second-order valence-corrected chi connectivity index (χ2v) is 3.90. The molecule has 56 valence electrons. The van der Waals surface area contributed by atoms with Crippen LogP contribution in [0.4, 0.5) is 0 Å². The molecule has 2 aliphatic carbocycles. The van der Waals surface area contributed by atoms with E-state index in [-0.39, 0.29) is 5.54 Å². The van der Waals surface area contributed by atoms with Gasteiger partial charge in [0.2, 0.25) is 6.41 Å². The van der Waals surface area contributed by atoms with Crippen molar-refractivity contribution in [2.24, 2.45) is 5.41 Å². The quantitative estimate of drug-likeness (QED) is 0.582. The molecule has 0 radical (unpaired) electrons. The Morgan fingerprint density at radius 2 is 1.90 bits per heavy atom. The lowest BCUT2D eigenvalue weighted by Crippen LogP contribution is -2.37. The van der Waals surface area contributed by atoms with Crippen molar-refractivity contribution < 1.29 is 4.79 Å². The summed E-state index contributed by atoms with van der Waals surface area (Å²) in [5.74, 6) is 0. The van der Waals surface area contributed by atoms with Crippen molar-refractivity contribution in [2.75, 3.05) is 0 Å². The van der Waals surface area contributed by atoms with Gasteiger partial charge in [-0.1, -0.05) is 6.92 Å². The van der Waals surface area contributed by atoms with Crippen LogP contribution in [-0.2, 0) is 4.79 Å². The second kappa shape index (κ2) is 1.55. The summed E-state index contributed by atoms with van der Waals surface area (Å²) >= 11 is 0. The maximum absolute atomic E-state index is 10.2. The van der Waals surface area contributed by atoms with E-state index in [2.05, 4.69) is 12.2 Å². The number of rotatable bonds is 3. The first-order valence-electron chi connectivity index (χ1n) is 3.94. The molecule has 10 heavy (non-hydrogen) atoms. The van der Waals surface area contributed by atoms with Gasteiger partial charge in [0, 0.05) is 5.54 Å². The summed E-state index contributed by atoms with van der Waals surface area (Å²) < 4.78 is 0. The van der Waals surface area contributed by atoms with Crippen LogP contribution < -0.4 is 5.32 Å². The minimum atomic E-state index is 0.231. The second-order valence-electron chi connectivity index (χ2n) is 3.90. The van der Waals surface area contributed by atoms with Crippen LogP contribution in [-0.4, -0.2) is 11.9 Å². The summed E-state index contributed by atoms with van der Waals surface area (Å²) in [5.41, 5.74) is 0.697. The van der Waals surface area contributed by atoms with Gasteiger partial charge in [-0.25, -0.2) is 0 Å². The number of hydrogen-bond donors (Lipinski definition) is 1. The zero-order chi connectivity index (χ0) is 7.24. The number of hydrogen-bond acceptors (Lipinski definition) is 1. The molecule has 0 spiro atoms. The smallest absolute Gasteiger partial charge is 0.207 e. The predicted octanol–water partition coefficient (Wildman–Crippen LogP) is 1.07. The van der Waals surface area contributed by atoms with Crippen LogP contribution in [0, 0.1) is 5.41 Å². The first-order chi connectivity index (χ1) is 4.72. The molecule has 0 unspecified atom stereocenters. The third-order valence-electron chi connectivity index (χ3n) is 3.24. The van der Waals surface area contributed by atoms with Gasteiger partial charge in [-0.05, 0) is 31.1 Å². The number of nitrogens with one attached hydrogen (secondary N) is 1. The normalized spacial score (nSPS) is 30.9. The largest absolute Gasteiger partial charge is 0.353 e. The lowest BCUT2D eigenvalue weighted by atomic mass is 9.96. The van der Waals surface area contributed by atoms with Gasteiger partial charge in [0.1, 0.15) is 0 Å². The van der Waals surface area contributed by atoms with Crippen molar-refractivity contribution in [3.63, 3.8) is 0 Å². The maximum atomic E-state index is 10.2. The van der Waals surface area contributed by atoms with Gasteiger partial charge >= 0.3 is 0 Å². The van der Waals surface area contributed by atoms with Crippen molar-refractivity contribution >= 4 is 6.41 Å². The van der Waals surface area contributed by atoms with Crippen LogP contribution in [0.5, 0.6) is 0 Å². The first kappa shape index (κ1) is 6.20. The fourth-order valence-electron chi connectivity index (χ4n) is 1.83. The summed E-state index contributed by atoms with van der Waals surface area (Å²) in [5, 5.41) is 2.95. The molecule has 1 amide bonds. The van der Waals surface area contributed by atoms with Crippen molar-refractivity contribution in [1.29, 1.82) is 0 Å². The third kappa shape index (κ3) is 0.619. The van der Waals surface area contributed by atoms with Gasteiger partial charge in [0.15, 0.2) is 0 Å². The SMILES string of the molecule is CC1(C2(NC=O)CC2)CC1. The Balaban J connectivity index is 2.07. The van der Waals surface area contributed by atoms with E-state index in [4.69, 9.17) is 0 Å². The molecular formula is C8H13NO. The molecule has 0 aromatic heterocycles. The Kier molecular flexibility index (Phi) is 0.960. The molecule has 2 nitrogen and oxygen atoms in total. The van der Waals surface area contributed by atoms with Gasteiger partial charge in [0.25, 0.3) is 0 Å². The maximum Gasteiger partial charge on any atom is 0.207 e. The minimum Gasteiger partial charge on any atom is -0.353 e. The summed E-state index contributed by atoms with van der Waals surface area (Å²) in [6.07, 6.45) is 5.85. The molecule has 0 aliphatic heterocycles. The third-order valence-corrected chi connectivity index (χ3v) is 3.24. The van der Waals surface area contributed by atoms with Gasteiger partial charge in [0.05, 0.1) is 0 Å². The van der Waals surface area contributed by atoms with Crippen LogP contribution >= 0.6 is 0 Å². The van der Waals surface area contributed by atoms with Crippen molar-refractivity contribution in [3.8, 4) is 0 Å². The summed E-state index contributed by atoms with van der Waals surface area (Å²) in [4.78, 5) is 10.2. The van der Waals surface area contributed by atoms with E-state index in [1.54, 1.807) is 0 Å². The molecule has 2 saturated carbocycles. The average Bonchev–Trinajstić information content (AvgIpc) is 2.69. The highest BCUT2D eigenvalue weighted by Gasteiger charge is 2.62. The minimum absolute atomic E-state index is 0.231. The molecule has 1 N–H and O–H groups in total. The van der Waals surface area contributed by atoms with Crippen LogP contribution in [0.15, 0.2) is 0 Å². The van der Waals surface area contributed by atoms with Crippen LogP contribution in [0.2, 0.25) is 0 Å². The number of carbonyl (C=O) groups is 1. The Morgan fingerprint density at radius 3 is 2.20 bits per heavy atom. The van der Waals surface area contributed by atoms with Crippen LogP contribution in [0.1, 0.15) is 32.6 Å². The molecule has 0 aromatic carbocycles. The van der Waals surface area contributed by atoms with Gasteiger partial charge in [-0.15, -0.1) is 0 Å². The van der Waals surface area contributed by atoms with Crippen LogP contribution in [0.25, 0.3) is 0 Å². The molecule has 2 rings (SSSR count). The molecule has 0 saturated heterocycles. The Hall–Kier alpha value is -0.530. The lowest BCUT2D eigenvalue weighted by molar-refractivity contribution is -0.110. The monoisotopic (exact) mass is 139 g/mol. The van der Waals surface area contributed by atoms with Gasteiger partial charge in [-0.3, -0.25) is 4.79 Å². The van der Waals surface area contributed by atoms with E-state index >= 15 is 0 Å². The fraction of sp³-hybridized carbons (Fsp3) is 0.875. The van der Waals surface area contributed by atoms with E-state index in [1.165, 1.54) is 25.7 Å². The lowest BCUT2D eigenvalue weighted by Gasteiger charge is -2.21. The fourth-order valence-corrected chi connectivity index (χ4v) is 1.83. The molecular weight excluding hydrogens is 126 g/mol. The molecule has 0 heterocycles. The molecule has 2 aliphatic rings. The number of amides is 1. The van der Waals surface area contributed by atoms with E-state index in [1.807, 2.05) is 0 Å². The zero-order valence-electron chi connectivity index (χ0n) is 6.31. The van der Waals surface area contributed by atoms with Crippen molar-refractivity contribution in [1.82, 2.24) is 5.32 Å². The summed E-state index contributed by atoms with van der Waals surface area (Å²) in [6.45, 7) is 2.27. The molecule has 0 atom stereocenters. The summed E-state index contributed by atoms with van der Waals surface area (Å²) in [6, 6.07) is 0. The highest BCUT2D eigenvalue weighted by Crippen LogP contribution is 2.63. The Morgan fingerprint density at radius 1 is 1.30 bits per heavy atom. The van der Waals surface area contributed by atoms with Crippen molar-refractivity contribution in [3.05, 3.63) is 0 Å². The predicted molar refractivity (Wildman–Crippen MR) is 38.5 cm³/mol. The van der Waals surface area contributed by atoms with Gasteiger partial charge < -0.3 is 5.32 Å². The van der Waals surface area contributed by atoms with E-state index in [9.17, 15) is 4.79 Å². The highest BCUT2D eigenvalue weighted by molar-refractivity contribution is 5.50. The molecule has 0 aromatic rings. The molecule has 0 bridgehead atoms.